The largest absolute Gasteiger partial charge is 0.478 e. The summed E-state index contributed by atoms with van der Waals surface area (Å²) in [7, 11) is 0. The van der Waals surface area contributed by atoms with Crippen molar-refractivity contribution in [2.45, 2.75) is 57.3 Å². The molecule has 2 rings (SSSR count). The fourth-order valence-electron chi connectivity index (χ4n) is 2.64. The minimum Gasteiger partial charge on any atom is -0.478 e. The van der Waals surface area contributed by atoms with E-state index in [4.69, 9.17) is 9.47 Å². The molecular weight excluding hydrogens is 340 g/mol. The zero-order valence-corrected chi connectivity index (χ0v) is 16.5. The van der Waals surface area contributed by atoms with Gasteiger partial charge in [-0.2, -0.15) is 4.98 Å². The molecule has 1 aromatic heterocycles. The first-order chi connectivity index (χ1) is 11.8. The molecule has 7 nitrogen and oxygen atoms in total. The smallest absolute Gasteiger partial charge is 0.407 e. The van der Waals surface area contributed by atoms with Crippen LogP contribution < -0.4 is 15.0 Å². The Morgan fingerprint density at radius 2 is 2.20 bits per heavy atom. The molecule has 0 saturated carbocycles. The van der Waals surface area contributed by atoms with Crippen molar-refractivity contribution in [3.8, 4) is 5.88 Å². The third-order valence-electron chi connectivity index (χ3n) is 3.61. The average molecular weight is 369 g/mol. The number of thioether (sulfide) groups is 1. The first-order valence-electron chi connectivity index (χ1n) is 8.61. The number of hydrogen-bond acceptors (Lipinski definition) is 7. The van der Waals surface area contributed by atoms with Crippen LogP contribution in [0.2, 0.25) is 0 Å². The third kappa shape index (κ3) is 6.26. The highest BCUT2D eigenvalue weighted by Crippen LogP contribution is 2.24. The molecule has 1 amide bonds. The molecule has 1 saturated heterocycles. The third-order valence-corrected chi connectivity index (χ3v) is 4.16. The molecule has 0 aromatic carbocycles. The highest BCUT2D eigenvalue weighted by Gasteiger charge is 2.25. The molecule has 1 aromatic rings. The van der Waals surface area contributed by atoms with Gasteiger partial charge in [0.05, 0.1) is 6.61 Å². The predicted octanol–water partition coefficient (Wildman–Crippen LogP) is 3.09. The lowest BCUT2D eigenvalue weighted by molar-refractivity contribution is 0.0500. The number of aromatic nitrogens is 2. The molecule has 1 N–H and O–H groups in total. The summed E-state index contributed by atoms with van der Waals surface area (Å²) in [5.41, 5.74) is -0.495. The lowest BCUT2D eigenvalue weighted by atomic mass is 10.1. The summed E-state index contributed by atoms with van der Waals surface area (Å²) in [6.45, 7) is 9.66. The van der Waals surface area contributed by atoms with Crippen molar-refractivity contribution in [1.29, 1.82) is 0 Å². The van der Waals surface area contributed by atoms with Gasteiger partial charge < -0.3 is 19.7 Å². The minimum absolute atomic E-state index is 0.0341. The van der Waals surface area contributed by atoms with Gasteiger partial charge in [-0.25, -0.2) is 9.78 Å². The normalized spacial score (nSPS) is 18.0. The number of piperidine rings is 1. The van der Waals surface area contributed by atoms with Crippen LogP contribution in [0.15, 0.2) is 11.2 Å². The van der Waals surface area contributed by atoms with E-state index >= 15 is 0 Å². The highest BCUT2D eigenvalue weighted by molar-refractivity contribution is 7.98. The van der Waals surface area contributed by atoms with Crippen molar-refractivity contribution < 1.29 is 14.3 Å². The second kappa shape index (κ2) is 8.60. The van der Waals surface area contributed by atoms with Gasteiger partial charge in [-0.05, 0) is 46.8 Å². The van der Waals surface area contributed by atoms with E-state index in [0.29, 0.717) is 24.2 Å². The van der Waals surface area contributed by atoms with Crippen molar-refractivity contribution in [2.75, 3.05) is 30.9 Å². The lowest BCUT2D eigenvalue weighted by Crippen LogP contribution is -2.49. The molecule has 8 heteroatoms. The number of carbonyl (C=O) groups is 1. The van der Waals surface area contributed by atoms with E-state index in [1.165, 1.54) is 11.8 Å². The second-order valence-corrected chi connectivity index (χ2v) is 7.69. The van der Waals surface area contributed by atoms with Gasteiger partial charge in [0, 0.05) is 25.2 Å². The van der Waals surface area contributed by atoms with Gasteiger partial charge in [-0.15, -0.1) is 0 Å². The Bertz CT molecular complexity index is 592. The molecule has 2 heterocycles. The van der Waals surface area contributed by atoms with Crippen molar-refractivity contribution >= 4 is 23.7 Å². The molecule has 1 aliphatic rings. The Morgan fingerprint density at radius 1 is 1.44 bits per heavy atom. The molecule has 1 unspecified atom stereocenters. The van der Waals surface area contributed by atoms with Gasteiger partial charge in [-0.1, -0.05) is 11.8 Å². The number of rotatable bonds is 5. The average Bonchev–Trinajstić information content (AvgIpc) is 2.53. The van der Waals surface area contributed by atoms with Crippen LogP contribution in [0.4, 0.5) is 10.6 Å². The first-order valence-corrected chi connectivity index (χ1v) is 9.83. The number of ether oxygens (including phenoxy) is 2. The number of carbonyl (C=O) groups excluding carboxylic acids is 1. The number of nitrogens with one attached hydrogen (secondary N) is 1. The van der Waals surface area contributed by atoms with Gasteiger partial charge >= 0.3 is 6.09 Å². The monoisotopic (exact) mass is 368 g/mol. The van der Waals surface area contributed by atoms with E-state index in [9.17, 15) is 4.79 Å². The van der Waals surface area contributed by atoms with Crippen LogP contribution in [0.3, 0.4) is 0 Å². The quantitative estimate of drug-likeness (QED) is 0.632. The van der Waals surface area contributed by atoms with Crippen molar-refractivity contribution in [3.63, 3.8) is 0 Å². The van der Waals surface area contributed by atoms with E-state index in [1.54, 1.807) is 0 Å². The van der Waals surface area contributed by atoms with Crippen LogP contribution in [0, 0.1) is 0 Å². The number of amides is 1. The molecule has 1 atom stereocenters. The summed E-state index contributed by atoms with van der Waals surface area (Å²) in [6.07, 6.45) is 3.47. The predicted molar refractivity (Wildman–Crippen MR) is 99.6 cm³/mol. The summed E-state index contributed by atoms with van der Waals surface area (Å²) in [4.78, 5) is 23.1. The number of nitrogens with zero attached hydrogens (tertiary/aromatic N) is 3. The Kier molecular flexibility index (Phi) is 6.75. The maximum absolute atomic E-state index is 12.0. The van der Waals surface area contributed by atoms with E-state index in [2.05, 4.69) is 20.2 Å². The van der Waals surface area contributed by atoms with E-state index < -0.39 is 5.60 Å². The van der Waals surface area contributed by atoms with Crippen LogP contribution in [-0.4, -0.2) is 53.7 Å². The van der Waals surface area contributed by atoms with Crippen LogP contribution in [0.1, 0.15) is 40.5 Å². The maximum atomic E-state index is 12.0. The van der Waals surface area contributed by atoms with E-state index in [-0.39, 0.29) is 12.1 Å². The van der Waals surface area contributed by atoms with Gasteiger partial charge in [-0.3, -0.25) is 0 Å². The Morgan fingerprint density at radius 3 is 2.84 bits per heavy atom. The van der Waals surface area contributed by atoms with Crippen LogP contribution >= 0.6 is 11.8 Å². The Hall–Kier alpha value is -1.70. The summed E-state index contributed by atoms with van der Waals surface area (Å²) >= 11 is 1.49. The highest BCUT2D eigenvalue weighted by atomic mass is 32.2. The molecule has 0 aliphatic carbocycles. The summed E-state index contributed by atoms with van der Waals surface area (Å²) in [5.74, 6) is 1.41. The SMILES string of the molecule is CCOc1cc(N2CCCC(NC(=O)OC(C)(C)C)C2)nc(SC)n1. The van der Waals surface area contributed by atoms with Crippen LogP contribution in [0.5, 0.6) is 5.88 Å². The molecule has 1 fully saturated rings. The Balaban J connectivity index is 2.05. The fraction of sp³-hybridized carbons (Fsp3) is 0.706. The van der Waals surface area contributed by atoms with Crippen molar-refractivity contribution in [1.82, 2.24) is 15.3 Å². The van der Waals surface area contributed by atoms with Crippen molar-refractivity contribution in [3.05, 3.63) is 6.07 Å². The number of hydrogen-bond donors (Lipinski definition) is 1. The Labute approximate surface area is 153 Å². The minimum atomic E-state index is -0.495. The van der Waals surface area contributed by atoms with Gasteiger partial charge in [0.1, 0.15) is 11.4 Å². The van der Waals surface area contributed by atoms with Crippen LogP contribution in [0.25, 0.3) is 0 Å². The molecular formula is C17H28N4O3S. The fourth-order valence-corrected chi connectivity index (χ4v) is 3.01. The lowest BCUT2D eigenvalue weighted by Gasteiger charge is -2.34. The van der Waals surface area contributed by atoms with E-state index in [1.807, 2.05) is 40.0 Å². The molecule has 0 bridgehead atoms. The summed E-state index contributed by atoms with van der Waals surface area (Å²) < 4.78 is 10.9. The summed E-state index contributed by atoms with van der Waals surface area (Å²) in [6, 6.07) is 1.89. The van der Waals surface area contributed by atoms with Gasteiger partial charge in [0.25, 0.3) is 0 Å². The second-order valence-electron chi connectivity index (χ2n) is 6.92. The molecule has 25 heavy (non-hydrogen) atoms. The first kappa shape index (κ1) is 19.6. The molecule has 0 radical (unpaired) electrons. The maximum Gasteiger partial charge on any atom is 0.407 e. The topological polar surface area (TPSA) is 76.6 Å². The standard InChI is InChI=1S/C17H28N4O3S/c1-6-23-14-10-13(19-15(20-14)25-5)21-9-7-8-12(11-21)18-16(22)24-17(2,3)4/h10,12H,6-9,11H2,1-5H3,(H,18,22). The van der Waals surface area contributed by atoms with Crippen molar-refractivity contribution in [2.24, 2.45) is 0 Å². The molecule has 1 aliphatic heterocycles. The van der Waals surface area contributed by atoms with Gasteiger partial charge in [0.15, 0.2) is 5.16 Å². The zero-order valence-electron chi connectivity index (χ0n) is 15.7. The molecule has 0 spiro atoms. The van der Waals surface area contributed by atoms with E-state index in [0.717, 1.165) is 25.2 Å². The number of alkyl carbamates (subject to hydrolysis) is 1. The van der Waals surface area contributed by atoms with Crippen LogP contribution in [-0.2, 0) is 4.74 Å². The number of anilines is 1. The summed E-state index contributed by atoms with van der Waals surface area (Å²) in [5, 5.41) is 3.64. The van der Waals surface area contributed by atoms with Gasteiger partial charge in [0.2, 0.25) is 5.88 Å². The molecule has 140 valence electrons. The zero-order chi connectivity index (χ0) is 18.4.